The molecule has 2 heterocycles. The van der Waals surface area contributed by atoms with Gasteiger partial charge in [0.15, 0.2) is 0 Å². The van der Waals surface area contributed by atoms with E-state index in [9.17, 15) is 9.59 Å². The van der Waals surface area contributed by atoms with E-state index in [0.29, 0.717) is 0 Å². The molecule has 1 atom stereocenters. The molecule has 13 heavy (non-hydrogen) atoms. The highest BCUT2D eigenvalue weighted by molar-refractivity contribution is 6.04. The second-order valence-electron chi connectivity index (χ2n) is 3.71. The lowest BCUT2D eigenvalue weighted by Gasteiger charge is -2.23. The molecule has 0 aromatic heterocycles. The number of urea groups is 1. The zero-order valence-corrected chi connectivity index (χ0v) is 7.58. The van der Waals surface area contributed by atoms with Crippen molar-refractivity contribution in [2.45, 2.75) is 38.1 Å². The fourth-order valence-corrected chi connectivity index (χ4v) is 2.06. The van der Waals surface area contributed by atoms with Crippen LogP contribution in [-0.2, 0) is 4.79 Å². The minimum absolute atomic E-state index is 0.105. The summed E-state index contributed by atoms with van der Waals surface area (Å²) < 4.78 is 0. The number of carbonyl (C=O) groups is 2. The molecule has 0 bridgehead atoms. The quantitative estimate of drug-likeness (QED) is 0.565. The van der Waals surface area contributed by atoms with Gasteiger partial charge in [0.25, 0.3) is 5.91 Å². The third-order valence-corrected chi connectivity index (χ3v) is 2.80. The van der Waals surface area contributed by atoms with Crippen LogP contribution in [0.5, 0.6) is 0 Å². The van der Waals surface area contributed by atoms with Gasteiger partial charge in [0.1, 0.15) is 6.04 Å². The van der Waals surface area contributed by atoms with Crippen molar-refractivity contribution in [2.75, 3.05) is 6.54 Å². The van der Waals surface area contributed by atoms with Gasteiger partial charge >= 0.3 is 6.03 Å². The molecule has 2 aliphatic heterocycles. The van der Waals surface area contributed by atoms with Crippen LogP contribution in [0, 0.1) is 0 Å². The summed E-state index contributed by atoms with van der Waals surface area (Å²) in [5, 5.41) is 2.36. The molecule has 3 amide bonds. The van der Waals surface area contributed by atoms with Crippen LogP contribution >= 0.6 is 0 Å². The van der Waals surface area contributed by atoms with Crippen LogP contribution < -0.4 is 5.32 Å². The summed E-state index contributed by atoms with van der Waals surface area (Å²) in [6.07, 6.45) is 5.27. The first-order chi connectivity index (χ1) is 6.29. The van der Waals surface area contributed by atoms with Crippen LogP contribution in [0.3, 0.4) is 0 Å². The molecule has 1 unspecified atom stereocenters. The molecule has 4 heteroatoms. The largest absolute Gasteiger partial charge is 0.324 e. The summed E-state index contributed by atoms with van der Waals surface area (Å²) in [6.45, 7) is 0.738. The normalized spacial score (nSPS) is 29.2. The molecule has 0 radical (unpaired) electrons. The average molecular weight is 182 g/mol. The molecule has 4 nitrogen and oxygen atoms in total. The number of fused-ring (bicyclic) bond motifs is 1. The summed E-state index contributed by atoms with van der Waals surface area (Å²) in [7, 11) is 0. The lowest BCUT2D eigenvalue weighted by Crippen LogP contribution is -2.36. The van der Waals surface area contributed by atoms with Crippen LogP contribution in [0.2, 0.25) is 0 Å². The standard InChI is InChI=1S/C9H14N2O2/c12-8-7-5-3-1-2-4-6-11(7)9(13)10-8/h7H,1-6H2,(H,10,12,13). The lowest BCUT2D eigenvalue weighted by molar-refractivity contribution is -0.121. The minimum atomic E-state index is -0.197. The zero-order chi connectivity index (χ0) is 9.26. The van der Waals surface area contributed by atoms with E-state index in [1.54, 1.807) is 4.90 Å². The number of amides is 3. The monoisotopic (exact) mass is 182 g/mol. The lowest BCUT2D eigenvalue weighted by atomic mass is 10.0. The molecule has 2 fully saturated rings. The number of carbonyl (C=O) groups excluding carboxylic acids is 2. The van der Waals surface area contributed by atoms with Crippen molar-refractivity contribution >= 4 is 11.9 Å². The van der Waals surface area contributed by atoms with E-state index in [0.717, 1.165) is 25.8 Å². The second-order valence-corrected chi connectivity index (χ2v) is 3.71. The van der Waals surface area contributed by atoms with Crippen LogP contribution in [0.4, 0.5) is 4.79 Å². The van der Waals surface area contributed by atoms with Crippen molar-refractivity contribution in [3.8, 4) is 0 Å². The van der Waals surface area contributed by atoms with Gasteiger partial charge in [-0.3, -0.25) is 10.1 Å². The molecule has 2 rings (SSSR count). The predicted molar refractivity (Wildman–Crippen MR) is 47.1 cm³/mol. The zero-order valence-electron chi connectivity index (χ0n) is 7.58. The number of imide groups is 1. The van der Waals surface area contributed by atoms with Crippen molar-refractivity contribution in [3.63, 3.8) is 0 Å². The van der Waals surface area contributed by atoms with Crippen molar-refractivity contribution < 1.29 is 9.59 Å². The van der Waals surface area contributed by atoms with Crippen molar-refractivity contribution in [1.82, 2.24) is 10.2 Å². The Labute approximate surface area is 77.3 Å². The van der Waals surface area contributed by atoms with E-state index in [-0.39, 0.29) is 18.0 Å². The molecule has 0 saturated carbocycles. The third-order valence-electron chi connectivity index (χ3n) is 2.80. The van der Waals surface area contributed by atoms with Crippen LogP contribution in [0.1, 0.15) is 32.1 Å². The Morgan fingerprint density at radius 2 is 1.92 bits per heavy atom. The van der Waals surface area contributed by atoms with Gasteiger partial charge in [0.2, 0.25) is 0 Å². The average Bonchev–Trinajstić information content (AvgIpc) is 2.25. The summed E-state index contributed by atoms with van der Waals surface area (Å²) in [4.78, 5) is 24.3. The van der Waals surface area contributed by atoms with Gasteiger partial charge in [-0.1, -0.05) is 19.3 Å². The summed E-state index contributed by atoms with van der Waals surface area (Å²) in [5.74, 6) is -0.105. The summed E-state index contributed by atoms with van der Waals surface area (Å²) in [6, 6.07) is -0.371. The van der Waals surface area contributed by atoms with Crippen LogP contribution in [0.25, 0.3) is 0 Å². The Bertz CT molecular complexity index is 216. The SMILES string of the molecule is O=C1NC(=O)N2CCCCCCC12. The van der Waals surface area contributed by atoms with Gasteiger partial charge in [-0.25, -0.2) is 4.79 Å². The van der Waals surface area contributed by atoms with E-state index >= 15 is 0 Å². The molecule has 0 aromatic rings. The van der Waals surface area contributed by atoms with E-state index in [2.05, 4.69) is 5.32 Å². The molecular weight excluding hydrogens is 168 g/mol. The molecular formula is C9H14N2O2. The smallest absolute Gasteiger partial charge is 0.312 e. The minimum Gasteiger partial charge on any atom is -0.312 e. The molecule has 0 spiro atoms. The predicted octanol–water partition coefficient (Wildman–Crippen LogP) is 0.871. The molecule has 0 aromatic carbocycles. The maximum Gasteiger partial charge on any atom is 0.324 e. The van der Waals surface area contributed by atoms with Gasteiger partial charge in [0, 0.05) is 6.54 Å². The number of hydrogen-bond donors (Lipinski definition) is 1. The molecule has 0 aliphatic carbocycles. The molecule has 2 aliphatic rings. The Morgan fingerprint density at radius 1 is 1.15 bits per heavy atom. The first-order valence-electron chi connectivity index (χ1n) is 4.90. The van der Waals surface area contributed by atoms with Crippen molar-refractivity contribution in [1.29, 1.82) is 0 Å². The van der Waals surface area contributed by atoms with Gasteiger partial charge in [0.05, 0.1) is 0 Å². The van der Waals surface area contributed by atoms with Gasteiger partial charge in [-0.05, 0) is 12.8 Å². The van der Waals surface area contributed by atoms with Crippen LogP contribution in [-0.4, -0.2) is 29.4 Å². The Balaban J connectivity index is 2.11. The summed E-state index contributed by atoms with van der Waals surface area (Å²) >= 11 is 0. The highest BCUT2D eigenvalue weighted by Gasteiger charge is 2.37. The highest BCUT2D eigenvalue weighted by atomic mass is 16.2. The van der Waals surface area contributed by atoms with E-state index in [1.807, 2.05) is 0 Å². The summed E-state index contributed by atoms with van der Waals surface area (Å²) in [5.41, 5.74) is 0. The maximum absolute atomic E-state index is 11.3. The first-order valence-corrected chi connectivity index (χ1v) is 4.90. The highest BCUT2D eigenvalue weighted by Crippen LogP contribution is 2.20. The van der Waals surface area contributed by atoms with E-state index in [1.165, 1.54) is 12.8 Å². The second kappa shape index (κ2) is 3.36. The molecule has 2 saturated heterocycles. The van der Waals surface area contributed by atoms with Gasteiger partial charge < -0.3 is 4.90 Å². The Hall–Kier alpha value is -1.06. The van der Waals surface area contributed by atoms with Gasteiger partial charge in [-0.2, -0.15) is 0 Å². The first kappa shape index (κ1) is 8.53. The van der Waals surface area contributed by atoms with Crippen molar-refractivity contribution in [2.24, 2.45) is 0 Å². The third kappa shape index (κ3) is 1.53. The van der Waals surface area contributed by atoms with Gasteiger partial charge in [-0.15, -0.1) is 0 Å². The fraction of sp³-hybridized carbons (Fsp3) is 0.778. The number of nitrogens with zero attached hydrogens (tertiary/aromatic N) is 1. The maximum atomic E-state index is 11.3. The molecule has 1 N–H and O–H groups in total. The Kier molecular flexibility index (Phi) is 2.20. The van der Waals surface area contributed by atoms with Crippen molar-refractivity contribution in [3.05, 3.63) is 0 Å². The topological polar surface area (TPSA) is 49.4 Å². The van der Waals surface area contributed by atoms with E-state index in [4.69, 9.17) is 0 Å². The number of nitrogens with one attached hydrogen (secondary N) is 1. The fourth-order valence-electron chi connectivity index (χ4n) is 2.06. The van der Waals surface area contributed by atoms with Crippen LogP contribution in [0.15, 0.2) is 0 Å². The van der Waals surface area contributed by atoms with E-state index < -0.39 is 0 Å². The number of hydrogen-bond acceptors (Lipinski definition) is 2. The Morgan fingerprint density at radius 3 is 2.77 bits per heavy atom. The number of rotatable bonds is 0. The molecule has 72 valence electrons.